The fraction of sp³-hybridized carbons (Fsp3) is 0.286. The van der Waals surface area contributed by atoms with Gasteiger partial charge in [0.2, 0.25) is 11.8 Å². The molecule has 0 aliphatic rings. The van der Waals surface area contributed by atoms with Crippen molar-refractivity contribution in [2.45, 2.75) is 50.7 Å². The molecular weight excluding hydrogens is 581 g/mol. The minimum absolute atomic E-state index is 0.0111. The van der Waals surface area contributed by atoms with E-state index >= 15 is 0 Å². The highest BCUT2D eigenvalue weighted by molar-refractivity contribution is 7.92. The average Bonchev–Trinajstić information content (AvgIpc) is 2.89. The molecule has 0 fully saturated rings. The molecule has 0 bridgehead atoms. The number of hydrogen-bond donors (Lipinski definition) is 1. The van der Waals surface area contributed by atoms with E-state index in [1.165, 1.54) is 23.1 Å². The van der Waals surface area contributed by atoms with Gasteiger partial charge < -0.3 is 10.2 Å². The summed E-state index contributed by atoms with van der Waals surface area (Å²) in [4.78, 5) is 28.5. The Labute approximate surface area is 244 Å². The van der Waals surface area contributed by atoms with E-state index in [0.717, 1.165) is 4.31 Å². The van der Waals surface area contributed by atoms with Gasteiger partial charge in [-0.1, -0.05) is 78.1 Å². The van der Waals surface area contributed by atoms with E-state index in [1.54, 1.807) is 61.5 Å². The van der Waals surface area contributed by atoms with Gasteiger partial charge in [0.25, 0.3) is 10.0 Å². The van der Waals surface area contributed by atoms with Crippen molar-refractivity contribution < 1.29 is 18.0 Å². The van der Waals surface area contributed by atoms with Crippen LogP contribution in [-0.2, 0) is 26.2 Å². The van der Waals surface area contributed by atoms with E-state index in [1.807, 2.05) is 13.8 Å². The summed E-state index contributed by atoms with van der Waals surface area (Å²) in [5.74, 6) is -1.00. The van der Waals surface area contributed by atoms with Crippen LogP contribution in [0, 0.1) is 0 Å². The smallest absolute Gasteiger partial charge is 0.264 e. The second kappa shape index (κ2) is 13.5. The summed E-state index contributed by atoms with van der Waals surface area (Å²) in [7, 11) is -4.22. The van der Waals surface area contributed by atoms with Crippen molar-refractivity contribution in [3.05, 3.63) is 93.4 Å². The van der Waals surface area contributed by atoms with E-state index in [-0.39, 0.29) is 40.5 Å². The fourth-order valence-corrected chi connectivity index (χ4v) is 6.30. The molecule has 2 amide bonds. The molecule has 208 valence electrons. The first-order chi connectivity index (χ1) is 18.5. The Morgan fingerprint density at radius 2 is 1.41 bits per heavy atom. The van der Waals surface area contributed by atoms with E-state index in [4.69, 9.17) is 34.8 Å². The van der Waals surface area contributed by atoms with Crippen molar-refractivity contribution in [2.75, 3.05) is 10.8 Å². The Morgan fingerprint density at radius 1 is 0.846 bits per heavy atom. The molecule has 3 aromatic carbocycles. The van der Waals surface area contributed by atoms with Crippen LogP contribution >= 0.6 is 34.8 Å². The van der Waals surface area contributed by atoms with Crippen LogP contribution in [0.3, 0.4) is 0 Å². The summed E-state index contributed by atoms with van der Waals surface area (Å²) < 4.78 is 28.6. The summed E-state index contributed by atoms with van der Waals surface area (Å²) in [6.45, 7) is 4.67. The van der Waals surface area contributed by atoms with Crippen molar-refractivity contribution in [2.24, 2.45) is 0 Å². The lowest BCUT2D eigenvalue weighted by Crippen LogP contribution is -2.53. The molecule has 3 rings (SSSR count). The molecule has 0 aliphatic heterocycles. The molecule has 0 aromatic heterocycles. The molecule has 0 saturated heterocycles. The molecular formula is C28H30Cl3N3O4S. The zero-order valence-electron chi connectivity index (χ0n) is 21.8. The monoisotopic (exact) mass is 609 g/mol. The molecule has 0 radical (unpaired) electrons. The summed E-state index contributed by atoms with van der Waals surface area (Å²) >= 11 is 19.3. The van der Waals surface area contributed by atoms with Crippen LogP contribution in [0.1, 0.15) is 32.8 Å². The summed E-state index contributed by atoms with van der Waals surface area (Å²) in [6, 6.07) is 18.0. The third kappa shape index (κ3) is 7.45. The molecule has 0 saturated carbocycles. The van der Waals surface area contributed by atoms with Crippen LogP contribution in [-0.4, -0.2) is 43.8 Å². The predicted molar refractivity (Wildman–Crippen MR) is 157 cm³/mol. The van der Waals surface area contributed by atoms with Gasteiger partial charge in [-0.3, -0.25) is 13.9 Å². The van der Waals surface area contributed by atoms with E-state index in [2.05, 4.69) is 5.32 Å². The standard InChI is InChI=1S/C28H30Cl3N3O4S/c1-4-25(28(36)32-19(2)3)33(17-21-22(29)14-10-15-23(21)30)27(35)18-34(26-16-9-8-13-24(26)31)39(37,38)20-11-6-5-7-12-20/h5-16,19,25H,4,17-18H2,1-3H3,(H,32,36). The molecule has 11 heteroatoms. The first-order valence-electron chi connectivity index (χ1n) is 12.3. The summed E-state index contributed by atoms with van der Waals surface area (Å²) in [5.41, 5.74) is 0.576. The second-order valence-electron chi connectivity index (χ2n) is 9.09. The van der Waals surface area contributed by atoms with Gasteiger partial charge in [0.05, 0.1) is 15.6 Å². The third-order valence-corrected chi connectivity index (χ3v) is 8.74. The van der Waals surface area contributed by atoms with Crippen molar-refractivity contribution in [1.29, 1.82) is 0 Å². The predicted octanol–water partition coefficient (Wildman–Crippen LogP) is 6.17. The van der Waals surface area contributed by atoms with Crippen molar-refractivity contribution in [3.8, 4) is 0 Å². The second-order valence-corrected chi connectivity index (χ2v) is 12.2. The van der Waals surface area contributed by atoms with Crippen molar-refractivity contribution >= 4 is 62.3 Å². The Bertz CT molecular complexity index is 1400. The maximum atomic E-state index is 14.0. The van der Waals surface area contributed by atoms with Gasteiger partial charge in [-0.2, -0.15) is 0 Å². The van der Waals surface area contributed by atoms with Crippen LogP contribution < -0.4 is 9.62 Å². The third-order valence-electron chi connectivity index (χ3n) is 5.94. The van der Waals surface area contributed by atoms with Crippen LogP contribution in [0.25, 0.3) is 0 Å². The van der Waals surface area contributed by atoms with Crippen LogP contribution in [0.2, 0.25) is 15.1 Å². The highest BCUT2D eigenvalue weighted by Crippen LogP contribution is 2.32. The van der Waals surface area contributed by atoms with Crippen LogP contribution in [0.15, 0.2) is 77.7 Å². The maximum absolute atomic E-state index is 14.0. The number of carbonyl (C=O) groups is 2. The minimum atomic E-state index is -4.22. The Balaban J connectivity index is 2.11. The number of hydrogen-bond acceptors (Lipinski definition) is 4. The zero-order chi connectivity index (χ0) is 28.7. The molecule has 1 N–H and O–H groups in total. The zero-order valence-corrected chi connectivity index (χ0v) is 24.9. The number of carbonyl (C=O) groups excluding carboxylic acids is 2. The number of para-hydroxylation sites is 1. The largest absolute Gasteiger partial charge is 0.352 e. The quantitative estimate of drug-likeness (QED) is 0.281. The Kier molecular flexibility index (Phi) is 10.7. The number of rotatable bonds is 11. The number of benzene rings is 3. The molecule has 0 aliphatic carbocycles. The molecule has 1 unspecified atom stereocenters. The number of amides is 2. The lowest BCUT2D eigenvalue weighted by atomic mass is 10.1. The highest BCUT2D eigenvalue weighted by Gasteiger charge is 2.35. The topological polar surface area (TPSA) is 86.8 Å². The maximum Gasteiger partial charge on any atom is 0.264 e. The van der Waals surface area contributed by atoms with E-state index in [9.17, 15) is 18.0 Å². The molecule has 3 aromatic rings. The van der Waals surface area contributed by atoms with Gasteiger partial charge in [-0.05, 0) is 56.7 Å². The number of nitrogens with zero attached hydrogens (tertiary/aromatic N) is 2. The summed E-state index contributed by atoms with van der Waals surface area (Å²) in [5, 5.41) is 3.63. The summed E-state index contributed by atoms with van der Waals surface area (Å²) in [6.07, 6.45) is 0.268. The molecule has 1 atom stereocenters. The highest BCUT2D eigenvalue weighted by atomic mass is 35.5. The van der Waals surface area contributed by atoms with Crippen LogP contribution in [0.4, 0.5) is 5.69 Å². The van der Waals surface area contributed by atoms with Gasteiger partial charge in [-0.25, -0.2) is 8.42 Å². The number of sulfonamides is 1. The first kappa shape index (κ1) is 30.8. The van der Waals surface area contributed by atoms with Gasteiger partial charge in [0, 0.05) is 28.2 Å². The lowest BCUT2D eigenvalue weighted by Gasteiger charge is -2.34. The van der Waals surface area contributed by atoms with Crippen molar-refractivity contribution in [1.82, 2.24) is 10.2 Å². The molecule has 39 heavy (non-hydrogen) atoms. The molecule has 0 spiro atoms. The van der Waals surface area contributed by atoms with Gasteiger partial charge in [0.1, 0.15) is 12.6 Å². The minimum Gasteiger partial charge on any atom is -0.352 e. The van der Waals surface area contributed by atoms with E-state index < -0.39 is 28.5 Å². The Morgan fingerprint density at radius 3 is 1.97 bits per heavy atom. The number of anilines is 1. The lowest BCUT2D eigenvalue weighted by molar-refractivity contribution is -0.140. The SMILES string of the molecule is CCC(C(=O)NC(C)C)N(Cc1c(Cl)cccc1Cl)C(=O)CN(c1ccccc1Cl)S(=O)(=O)c1ccccc1. The van der Waals surface area contributed by atoms with Gasteiger partial charge in [0.15, 0.2) is 0 Å². The molecule has 0 heterocycles. The fourth-order valence-electron chi connectivity index (χ4n) is 4.04. The Hall–Kier alpha value is -2.78. The van der Waals surface area contributed by atoms with Gasteiger partial charge in [-0.15, -0.1) is 0 Å². The molecule has 7 nitrogen and oxygen atoms in total. The first-order valence-corrected chi connectivity index (χ1v) is 14.9. The number of halogens is 3. The van der Waals surface area contributed by atoms with Crippen molar-refractivity contribution in [3.63, 3.8) is 0 Å². The normalized spacial score (nSPS) is 12.2. The average molecular weight is 611 g/mol. The van der Waals surface area contributed by atoms with Crippen LogP contribution in [0.5, 0.6) is 0 Å². The number of nitrogens with one attached hydrogen (secondary N) is 1. The van der Waals surface area contributed by atoms with E-state index in [0.29, 0.717) is 15.6 Å². The van der Waals surface area contributed by atoms with Gasteiger partial charge >= 0.3 is 0 Å².